The number of para-hydroxylation sites is 1. The van der Waals surface area contributed by atoms with Gasteiger partial charge in [0.1, 0.15) is 0 Å². The maximum atomic E-state index is 13.1. The molecule has 1 amide bonds. The Balaban J connectivity index is 1.95. The first-order valence-electron chi connectivity index (χ1n) is 8.92. The van der Waals surface area contributed by atoms with Crippen molar-refractivity contribution in [2.24, 2.45) is 0 Å². The van der Waals surface area contributed by atoms with E-state index in [2.05, 4.69) is 31.9 Å². The van der Waals surface area contributed by atoms with Crippen molar-refractivity contribution in [3.8, 4) is 5.69 Å². The normalized spacial score (nSPS) is 11.0. The highest BCUT2D eigenvalue weighted by molar-refractivity contribution is 5.95. The first-order valence-corrected chi connectivity index (χ1v) is 8.92. The third kappa shape index (κ3) is 3.54. The van der Waals surface area contributed by atoms with Crippen LogP contribution in [0.2, 0.25) is 0 Å². The minimum Gasteiger partial charge on any atom is -0.337 e. The lowest BCUT2D eigenvalue weighted by Crippen LogP contribution is -2.27. The summed E-state index contributed by atoms with van der Waals surface area (Å²) in [6.07, 6.45) is 1.70. The summed E-state index contributed by atoms with van der Waals surface area (Å²) < 4.78 is 1.91. The van der Waals surface area contributed by atoms with Gasteiger partial charge in [0.25, 0.3) is 5.91 Å². The van der Waals surface area contributed by atoms with Gasteiger partial charge in [0.05, 0.1) is 23.1 Å². The third-order valence-electron chi connectivity index (χ3n) is 4.54. The lowest BCUT2D eigenvalue weighted by Gasteiger charge is -2.19. The molecule has 4 heteroatoms. The Morgan fingerprint density at radius 1 is 1.08 bits per heavy atom. The Bertz CT molecular complexity index is 897. The maximum Gasteiger partial charge on any atom is 0.257 e. The SMILES string of the molecule is Cc1ccccc1-n1ncc(C(=O)N(C)Cc2ccccc2)c1C(C)C. The molecule has 134 valence electrons. The number of carbonyl (C=O) groups excluding carboxylic acids is 1. The predicted octanol–water partition coefficient (Wildman–Crippen LogP) is 4.58. The fraction of sp³-hybridized carbons (Fsp3) is 0.273. The van der Waals surface area contributed by atoms with E-state index in [1.165, 1.54) is 0 Å². The van der Waals surface area contributed by atoms with Crippen LogP contribution >= 0.6 is 0 Å². The van der Waals surface area contributed by atoms with Crippen LogP contribution in [0.25, 0.3) is 5.69 Å². The van der Waals surface area contributed by atoms with Crippen LogP contribution in [0.5, 0.6) is 0 Å². The van der Waals surface area contributed by atoms with Crippen molar-refractivity contribution in [1.82, 2.24) is 14.7 Å². The molecule has 26 heavy (non-hydrogen) atoms. The highest BCUT2D eigenvalue weighted by Gasteiger charge is 2.23. The molecule has 0 N–H and O–H groups in total. The van der Waals surface area contributed by atoms with Crippen molar-refractivity contribution >= 4 is 5.91 Å². The molecule has 1 heterocycles. The van der Waals surface area contributed by atoms with Crippen LogP contribution in [0.1, 0.15) is 46.9 Å². The van der Waals surface area contributed by atoms with E-state index in [0.717, 1.165) is 22.5 Å². The summed E-state index contributed by atoms with van der Waals surface area (Å²) in [5, 5.41) is 4.55. The van der Waals surface area contributed by atoms with E-state index in [-0.39, 0.29) is 11.8 Å². The van der Waals surface area contributed by atoms with Gasteiger partial charge in [0.15, 0.2) is 0 Å². The molecule has 0 atom stereocenters. The zero-order valence-electron chi connectivity index (χ0n) is 15.8. The standard InChI is InChI=1S/C22H25N3O/c1-16(2)21-19(14-23-25(21)20-13-9-8-10-17(20)3)22(26)24(4)15-18-11-6-5-7-12-18/h5-14,16H,15H2,1-4H3. The lowest BCUT2D eigenvalue weighted by molar-refractivity contribution is 0.0783. The molecule has 0 saturated heterocycles. The number of carbonyl (C=O) groups is 1. The smallest absolute Gasteiger partial charge is 0.257 e. The number of benzene rings is 2. The molecule has 0 radical (unpaired) electrons. The van der Waals surface area contributed by atoms with Crippen LogP contribution in [-0.2, 0) is 6.54 Å². The summed E-state index contributed by atoms with van der Waals surface area (Å²) in [5.74, 6) is 0.179. The van der Waals surface area contributed by atoms with Crippen molar-refractivity contribution in [2.45, 2.75) is 33.2 Å². The molecule has 2 aromatic carbocycles. The number of hydrogen-bond donors (Lipinski definition) is 0. The Kier molecular flexibility index (Phi) is 5.21. The van der Waals surface area contributed by atoms with Crippen molar-refractivity contribution in [2.75, 3.05) is 7.05 Å². The molecule has 3 rings (SSSR count). The molecule has 0 aliphatic carbocycles. The summed E-state index contributed by atoms with van der Waals surface area (Å²) in [6.45, 7) is 6.83. The average molecular weight is 347 g/mol. The molecule has 1 aromatic heterocycles. The minimum absolute atomic E-state index is 0.00242. The molecule has 0 bridgehead atoms. The van der Waals surface area contributed by atoms with E-state index in [4.69, 9.17) is 0 Å². The zero-order valence-corrected chi connectivity index (χ0v) is 15.8. The van der Waals surface area contributed by atoms with Gasteiger partial charge in [-0.25, -0.2) is 4.68 Å². The van der Waals surface area contributed by atoms with Crippen molar-refractivity contribution < 1.29 is 4.79 Å². The Morgan fingerprint density at radius 3 is 2.38 bits per heavy atom. The van der Waals surface area contributed by atoms with E-state index in [1.54, 1.807) is 11.1 Å². The number of rotatable bonds is 5. The number of aryl methyl sites for hydroxylation is 1. The monoisotopic (exact) mass is 347 g/mol. The molecule has 4 nitrogen and oxygen atoms in total. The summed E-state index contributed by atoms with van der Waals surface area (Å²) in [7, 11) is 1.84. The number of hydrogen-bond acceptors (Lipinski definition) is 2. The van der Waals surface area contributed by atoms with Crippen LogP contribution < -0.4 is 0 Å². The van der Waals surface area contributed by atoms with E-state index in [9.17, 15) is 4.79 Å². The Morgan fingerprint density at radius 2 is 1.73 bits per heavy atom. The summed E-state index contributed by atoms with van der Waals surface area (Å²) in [6, 6.07) is 18.1. The molecule has 3 aromatic rings. The van der Waals surface area contributed by atoms with E-state index < -0.39 is 0 Å². The fourth-order valence-corrected chi connectivity index (χ4v) is 3.21. The fourth-order valence-electron chi connectivity index (χ4n) is 3.21. The van der Waals surface area contributed by atoms with Crippen LogP contribution in [0.4, 0.5) is 0 Å². The van der Waals surface area contributed by atoms with E-state index >= 15 is 0 Å². The van der Waals surface area contributed by atoms with Gasteiger partial charge in [-0.15, -0.1) is 0 Å². The largest absolute Gasteiger partial charge is 0.337 e. The predicted molar refractivity (Wildman–Crippen MR) is 105 cm³/mol. The first kappa shape index (κ1) is 17.9. The van der Waals surface area contributed by atoms with Gasteiger partial charge in [-0.3, -0.25) is 4.79 Å². The quantitative estimate of drug-likeness (QED) is 0.678. The molecule has 0 saturated carbocycles. The molecule has 0 fully saturated rings. The Hall–Kier alpha value is -2.88. The summed E-state index contributed by atoms with van der Waals surface area (Å²) in [5.41, 5.74) is 4.88. The average Bonchev–Trinajstić information content (AvgIpc) is 3.07. The van der Waals surface area contributed by atoms with Crippen molar-refractivity contribution in [3.63, 3.8) is 0 Å². The Labute approximate surface area is 155 Å². The van der Waals surface area contributed by atoms with E-state index in [1.807, 2.05) is 60.3 Å². The maximum absolute atomic E-state index is 13.1. The molecule has 0 aliphatic heterocycles. The number of amides is 1. The summed E-state index contributed by atoms with van der Waals surface area (Å²) >= 11 is 0. The van der Waals surface area contributed by atoms with Crippen molar-refractivity contribution in [1.29, 1.82) is 0 Å². The van der Waals surface area contributed by atoms with Gasteiger partial charge in [-0.05, 0) is 30.0 Å². The molecule has 0 spiro atoms. The van der Waals surface area contributed by atoms with Crippen LogP contribution in [0.3, 0.4) is 0 Å². The van der Waals surface area contributed by atoms with Gasteiger partial charge in [0.2, 0.25) is 0 Å². The van der Waals surface area contributed by atoms with Crippen LogP contribution in [0.15, 0.2) is 60.8 Å². The third-order valence-corrected chi connectivity index (χ3v) is 4.54. The highest BCUT2D eigenvalue weighted by Crippen LogP contribution is 2.25. The lowest BCUT2D eigenvalue weighted by atomic mass is 10.0. The van der Waals surface area contributed by atoms with Gasteiger partial charge in [0, 0.05) is 13.6 Å². The van der Waals surface area contributed by atoms with Gasteiger partial charge in [-0.1, -0.05) is 62.4 Å². The molecule has 0 unspecified atom stereocenters. The highest BCUT2D eigenvalue weighted by atomic mass is 16.2. The molecular formula is C22H25N3O. The van der Waals surface area contributed by atoms with Crippen LogP contribution in [-0.4, -0.2) is 27.6 Å². The van der Waals surface area contributed by atoms with E-state index in [0.29, 0.717) is 12.1 Å². The van der Waals surface area contributed by atoms with Gasteiger partial charge in [-0.2, -0.15) is 5.10 Å². The minimum atomic E-state index is -0.00242. The zero-order chi connectivity index (χ0) is 18.7. The second-order valence-electron chi connectivity index (χ2n) is 6.94. The number of nitrogens with zero attached hydrogens (tertiary/aromatic N) is 3. The topological polar surface area (TPSA) is 38.1 Å². The van der Waals surface area contributed by atoms with Crippen molar-refractivity contribution in [3.05, 3.63) is 83.2 Å². The first-order chi connectivity index (χ1) is 12.5. The second-order valence-corrected chi connectivity index (χ2v) is 6.94. The summed E-state index contributed by atoms with van der Waals surface area (Å²) in [4.78, 5) is 14.8. The van der Waals surface area contributed by atoms with Crippen LogP contribution in [0, 0.1) is 6.92 Å². The molecule has 0 aliphatic rings. The number of aromatic nitrogens is 2. The van der Waals surface area contributed by atoms with Gasteiger partial charge < -0.3 is 4.90 Å². The van der Waals surface area contributed by atoms with Gasteiger partial charge >= 0.3 is 0 Å². The molecular weight excluding hydrogens is 322 g/mol. The second kappa shape index (κ2) is 7.56.